The molecular formula is C18H21FN2O4S. The molecule has 0 saturated heterocycles. The number of amides is 1. The van der Waals surface area contributed by atoms with E-state index in [-0.39, 0.29) is 18.1 Å². The topological polar surface area (TPSA) is 84.5 Å². The maximum absolute atomic E-state index is 13.1. The zero-order valence-corrected chi connectivity index (χ0v) is 15.3. The molecule has 2 aromatic carbocycles. The Kier molecular flexibility index (Phi) is 6.57. The van der Waals surface area contributed by atoms with Crippen LogP contribution in [0.5, 0.6) is 5.75 Å². The summed E-state index contributed by atoms with van der Waals surface area (Å²) in [6, 6.07) is 12.3. The molecule has 0 spiro atoms. The van der Waals surface area contributed by atoms with Crippen LogP contribution >= 0.6 is 0 Å². The molecule has 1 atom stereocenters. The van der Waals surface area contributed by atoms with E-state index in [2.05, 4.69) is 10.0 Å². The van der Waals surface area contributed by atoms with Crippen LogP contribution in [0, 0.1) is 11.7 Å². The molecule has 140 valence electrons. The van der Waals surface area contributed by atoms with Crippen molar-refractivity contribution in [2.75, 3.05) is 17.6 Å². The maximum Gasteiger partial charge on any atom is 0.233 e. The van der Waals surface area contributed by atoms with E-state index in [0.29, 0.717) is 5.75 Å². The van der Waals surface area contributed by atoms with E-state index >= 15 is 0 Å². The Hall–Kier alpha value is -2.61. The molecule has 2 aromatic rings. The lowest BCUT2D eigenvalue weighted by molar-refractivity contribution is -0.124. The third-order valence-corrected chi connectivity index (χ3v) is 5.13. The summed E-state index contributed by atoms with van der Waals surface area (Å²) in [5.41, 5.74) is 0.989. The van der Waals surface area contributed by atoms with E-state index in [1.165, 1.54) is 25.1 Å². The molecule has 2 rings (SSSR count). The maximum atomic E-state index is 13.1. The van der Waals surface area contributed by atoms with Gasteiger partial charge in [0.05, 0.1) is 24.5 Å². The Morgan fingerprint density at radius 3 is 2.50 bits per heavy atom. The van der Waals surface area contributed by atoms with Crippen molar-refractivity contribution in [3.05, 3.63) is 59.9 Å². The second-order valence-corrected chi connectivity index (χ2v) is 7.63. The number of methoxy groups -OCH3 is 1. The Labute approximate surface area is 152 Å². The van der Waals surface area contributed by atoms with Crippen LogP contribution in [0.4, 0.5) is 10.1 Å². The smallest absolute Gasteiger partial charge is 0.233 e. The molecule has 0 aliphatic heterocycles. The molecule has 0 heterocycles. The number of carbonyl (C=O) groups is 1. The largest absolute Gasteiger partial charge is 0.497 e. The van der Waals surface area contributed by atoms with E-state index < -0.39 is 27.5 Å². The molecule has 26 heavy (non-hydrogen) atoms. The molecule has 0 fully saturated rings. The minimum atomic E-state index is -3.78. The van der Waals surface area contributed by atoms with Crippen LogP contribution in [0.15, 0.2) is 48.5 Å². The Morgan fingerprint density at radius 1 is 1.19 bits per heavy atom. The molecule has 0 aliphatic rings. The second kappa shape index (κ2) is 8.66. The Balaban J connectivity index is 1.88. The van der Waals surface area contributed by atoms with Crippen molar-refractivity contribution in [1.82, 2.24) is 5.32 Å². The van der Waals surface area contributed by atoms with Gasteiger partial charge in [0.25, 0.3) is 0 Å². The fourth-order valence-electron chi connectivity index (χ4n) is 2.28. The fraction of sp³-hybridized carbons (Fsp3) is 0.278. The van der Waals surface area contributed by atoms with E-state index in [1.807, 2.05) is 12.1 Å². The molecule has 2 N–H and O–H groups in total. The highest BCUT2D eigenvalue weighted by molar-refractivity contribution is 7.92. The SMILES string of the molecule is COc1ccc(CNC(=O)C(C)CS(=O)(=O)Nc2cccc(F)c2)cc1. The normalized spacial score (nSPS) is 12.3. The number of hydrogen-bond acceptors (Lipinski definition) is 4. The lowest BCUT2D eigenvalue weighted by atomic mass is 10.2. The number of benzene rings is 2. The quantitative estimate of drug-likeness (QED) is 0.737. The molecule has 0 bridgehead atoms. The van der Waals surface area contributed by atoms with Crippen LogP contribution in [-0.4, -0.2) is 27.2 Å². The first kappa shape index (κ1) is 19.7. The van der Waals surface area contributed by atoms with Gasteiger partial charge in [-0.2, -0.15) is 0 Å². The number of anilines is 1. The zero-order chi connectivity index (χ0) is 19.2. The van der Waals surface area contributed by atoms with Crippen LogP contribution < -0.4 is 14.8 Å². The van der Waals surface area contributed by atoms with Gasteiger partial charge in [-0.05, 0) is 35.9 Å². The molecule has 0 saturated carbocycles. The van der Waals surface area contributed by atoms with Gasteiger partial charge in [-0.1, -0.05) is 25.1 Å². The Bertz CT molecular complexity index is 854. The van der Waals surface area contributed by atoms with Crippen molar-refractivity contribution in [3.8, 4) is 5.75 Å². The summed E-state index contributed by atoms with van der Waals surface area (Å²) < 4.78 is 44.8. The van der Waals surface area contributed by atoms with Crippen molar-refractivity contribution < 1.29 is 22.3 Å². The predicted octanol–water partition coefficient (Wildman–Crippen LogP) is 2.53. The van der Waals surface area contributed by atoms with Gasteiger partial charge in [0, 0.05) is 6.54 Å². The molecular weight excluding hydrogens is 359 g/mol. The van der Waals surface area contributed by atoms with Gasteiger partial charge in [-0.15, -0.1) is 0 Å². The Morgan fingerprint density at radius 2 is 1.88 bits per heavy atom. The minimum absolute atomic E-state index is 0.121. The highest BCUT2D eigenvalue weighted by atomic mass is 32.2. The zero-order valence-electron chi connectivity index (χ0n) is 14.5. The van der Waals surface area contributed by atoms with Crippen LogP contribution in [0.3, 0.4) is 0 Å². The second-order valence-electron chi connectivity index (χ2n) is 5.86. The molecule has 8 heteroatoms. The van der Waals surface area contributed by atoms with Gasteiger partial charge in [0.15, 0.2) is 0 Å². The summed E-state index contributed by atoms with van der Waals surface area (Å²) in [6.07, 6.45) is 0. The lowest BCUT2D eigenvalue weighted by Crippen LogP contribution is -2.34. The number of sulfonamides is 1. The van der Waals surface area contributed by atoms with Crippen LogP contribution in [0.2, 0.25) is 0 Å². The minimum Gasteiger partial charge on any atom is -0.497 e. The number of ether oxygens (including phenoxy) is 1. The van der Waals surface area contributed by atoms with Gasteiger partial charge in [0.1, 0.15) is 11.6 Å². The molecule has 0 aliphatic carbocycles. The molecule has 0 aromatic heterocycles. The first-order valence-electron chi connectivity index (χ1n) is 7.96. The highest BCUT2D eigenvalue weighted by Gasteiger charge is 2.21. The third-order valence-electron chi connectivity index (χ3n) is 3.64. The monoisotopic (exact) mass is 380 g/mol. The summed E-state index contributed by atoms with van der Waals surface area (Å²) in [7, 11) is -2.22. The van der Waals surface area contributed by atoms with Crippen LogP contribution in [-0.2, 0) is 21.4 Å². The van der Waals surface area contributed by atoms with Crippen molar-refractivity contribution in [2.24, 2.45) is 5.92 Å². The van der Waals surface area contributed by atoms with Crippen LogP contribution in [0.25, 0.3) is 0 Å². The van der Waals surface area contributed by atoms with Crippen molar-refractivity contribution >= 4 is 21.6 Å². The van der Waals surface area contributed by atoms with Gasteiger partial charge in [-0.3, -0.25) is 9.52 Å². The number of halogens is 1. The summed E-state index contributed by atoms with van der Waals surface area (Å²) >= 11 is 0. The summed E-state index contributed by atoms with van der Waals surface area (Å²) in [5.74, 6) is -1.39. The standard InChI is InChI=1S/C18H21FN2O4S/c1-13(12-26(23,24)21-16-5-3-4-15(19)10-16)18(22)20-11-14-6-8-17(25-2)9-7-14/h3-10,13,21H,11-12H2,1-2H3,(H,20,22). The average molecular weight is 380 g/mol. The number of nitrogens with one attached hydrogen (secondary N) is 2. The predicted molar refractivity (Wildman–Crippen MR) is 97.8 cm³/mol. The van der Waals surface area contributed by atoms with E-state index in [9.17, 15) is 17.6 Å². The van der Waals surface area contributed by atoms with Crippen molar-refractivity contribution in [2.45, 2.75) is 13.5 Å². The van der Waals surface area contributed by atoms with Gasteiger partial charge >= 0.3 is 0 Å². The summed E-state index contributed by atoms with van der Waals surface area (Å²) in [5, 5.41) is 2.70. The third kappa shape index (κ3) is 6.03. The van der Waals surface area contributed by atoms with Crippen molar-refractivity contribution in [1.29, 1.82) is 0 Å². The molecule has 1 amide bonds. The van der Waals surface area contributed by atoms with Gasteiger partial charge in [0.2, 0.25) is 15.9 Å². The van der Waals surface area contributed by atoms with E-state index in [4.69, 9.17) is 4.74 Å². The molecule has 0 radical (unpaired) electrons. The number of rotatable bonds is 8. The molecule has 6 nitrogen and oxygen atoms in total. The first-order chi connectivity index (χ1) is 12.3. The summed E-state index contributed by atoms with van der Waals surface area (Å²) in [4.78, 5) is 12.1. The lowest BCUT2D eigenvalue weighted by Gasteiger charge is -2.14. The summed E-state index contributed by atoms with van der Waals surface area (Å²) in [6.45, 7) is 1.80. The van der Waals surface area contributed by atoms with Gasteiger partial charge in [-0.25, -0.2) is 12.8 Å². The molecule has 1 unspecified atom stereocenters. The van der Waals surface area contributed by atoms with Crippen molar-refractivity contribution in [3.63, 3.8) is 0 Å². The van der Waals surface area contributed by atoms with Crippen LogP contribution in [0.1, 0.15) is 12.5 Å². The first-order valence-corrected chi connectivity index (χ1v) is 9.61. The van der Waals surface area contributed by atoms with E-state index in [0.717, 1.165) is 11.6 Å². The van der Waals surface area contributed by atoms with Gasteiger partial charge < -0.3 is 10.1 Å². The highest BCUT2D eigenvalue weighted by Crippen LogP contribution is 2.14. The van der Waals surface area contributed by atoms with E-state index in [1.54, 1.807) is 19.2 Å². The average Bonchev–Trinajstić information content (AvgIpc) is 2.59. The fourth-order valence-corrected chi connectivity index (χ4v) is 3.66. The number of hydrogen-bond donors (Lipinski definition) is 2. The number of carbonyl (C=O) groups excluding carboxylic acids is 1.